The summed E-state index contributed by atoms with van der Waals surface area (Å²) >= 11 is 0. The SMILES string of the molecule is C[C@@H]1C(=O)N(c2ccc(F)cc2)[C@H]1c1ccccc1. The molecule has 0 radical (unpaired) electrons. The molecule has 1 amide bonds. The van der Waals surface area contributed by atoms with E-state index < -0.39 is 0 Å². The van der Waals surface area contributed by atoms with Crippen molar-refractivity contribution >= 4 is 11.6 Å². The van der Waals surface area contributed by atoms with Crippen molar-refractivity contribution in [1.29, 1.82) is 0 Å². The predicted molar refractivity (Wildman–Crippen MR) is 72.2 cm³/mol. The highest BCUT2D eigenvalue weighted by molar-refractivity contribution is 6.02. The van der Waals surface area contributed by atoms with Crippen LogP contribution in [-0.2, 0) is 4.79 Å². The summed E-state index contributed by atoms with van der Waals surface area (Å²) < 4.78 is 13.0. The second-order valence-corrected chi connectivity index (χ2v) is 4.83. The lowest BCUT2D eigenvalue weighted by molar-refractivity contribution is -0.129. The Kier molecular flexibility index (Phi) is 2.82. The number of benzene rings is 2. The first-order valence-electron chi connectivity index (χ1n) is 6.32. The number of hydrogen-bond donors (Lipinski definition) is 0. The average Bonchev–Trinajstić information content (AvgIpc) is 2.46. The highest BCUT2D eigenvalue weighted by Crippen LogP contribution is 2.42. The molecule has 0 saturated carbocycles. The number of carbonyl (C=O) groups is 1. The fourth-order valence-electron chi connectivity index (χ4n) is 2.61. The fourth-order valence-corrected chi connectivity index (χ4v) is 2.61. The van der Waals surface area contributed by atoms with Crippen LogP contribution in [0.1, 0.15) is 18.5 Å². The van der Waals surface area contributed by atoms with Crippen LogP contribution < -0.4 is 4.90 Å². The Hall–Kier alpha value is -2.16. The molecular formula is C16H14FNO. The molecule has 1 aliphatic rings. The van der Waals surface area contributed by atoms with Crippen LogP contribution in [0.4, 0.5) is 10.1 Å². The fraction of sp³-hybridized carbons (Fsp3) is 0.188. The van der Waals surface area contributed by atoms with Crippen LogP contribution in [0.15, 0.2) is 54.6 Å². The third-order valence-corrected chi connectivity index (χ3v) is 3.62. The number of halogens is 1. The first-order chi connectivity index (χ1) is 9.18. The third-order valence-electron chi connectivity index (χ3n) is 3.62. The van der Waals surface area contributed by atoms with Gasteiger partial charge in [-0.25, -0.2) is 4.39 Å². The van der Waals surface area contributed by atoms with E-state index in [2.05, 4.69) is 0 Å². The van der Waals surface area contributed by atoms with Crippen molar-refractivity contribution in [2.24, 2.45) is 5.92 Å². The predicted octanol–water partition coefficient (Wildman–Crippen LogP) is 3.55. The zero-order chi connectivity index (χ0) is 13.4. The highest BCUT2D eigenvalue weighted by Gasteiger charge is 2.45. The molecule has 1 saturated heterocycles. The van der Waals surface area contributed by atoms with Crippen LogP contribution in [0, 0.1) is 11.7 Å². The summed E-state index contributed by atoms with van der Waals surface area (Å²) in [6.07, 6.45) is 0. The molecule has 0 N–H and O–H groups in total. The Morgan fingerprint density at radius 2 is 1.63 bits per heavy atom. The Labute approximate surface area is 111 Å². The number of carbonyl (C=O) groups excluding carboxylic acids is 1. The zero-order valence-electron chi connectivity index (χ0n) is 10.6. The summed E-state index contributed by atoms with van der Waals surface area (Å²) in [4.78, 5) is 13.8. The number of amides is 1. The maximum atomic E-state index is 13.0. The van der Waals surface area contributed by atoms with Gasteiger partial charge in [0, 0.05) is 5.69 Å². The molecule has 0 bridgehead atoms. The molecule has 1 fully saturated rings. The summed E-state index contributed by atoms with van der Waals surface area (Å²) in [7, 11) is 0. The summed E-state index contributed by atoms with van der Waals surface area (Å²) in [6.45, 7) is 1.93. The molecule has 2 aromatic rings. The quantitative estimate of drug-likeness (QED) is 0.751. The minimum absolute atomic E-state index is 0.0348. The summed E-state index contributed by atoms with van der Waals surface area (Å²) in [6, 6.07) is 16.0. The van der Waals surface area contributed by atoms with Gasteiger partial charge in [0.15, 0.2) is 0 Å². The number of nitrogens with zero attached hydrogens (tertiary/aromatic N) is 1. The van der Waals surface area contributed by atoms with Gasteiger partial charge in [0.05, 0.1) is 12.0 Å². The highest BCUT2D eigenvalue weighted by atomic mass is 19.1. The molecule has 1 heterocycles. The van der Waals surface area contributed by atoms with Gasteiger partial charge in [-0.1, -0.05) is 37.3 Å². The van der Waals surface area contributed by atoms with Crippen LogP contribution in [0.2, 0.25) is 0 Å². The minimum Gasteiger partial charge on any atom is -0.304 e. The van der Waals surface area contributed by atoms with Crippen LogP contribution in [0.3, 0.4) is 0 Å². The van der Waals surface area contributed by atoms with Crippen LogP contribution in [0.5, 0.6) is 0 Å². The van der Waals surface area contributed by atoms with Gasteiger partial charge in [-0.15, -0.1) is 0 Å². The molecule has 2 atom stereocenters. The maximum Gasteiger partial charge on any atom is 0.232 e. The Balaban J connectivity index is 1.96. The number of β-lactam (4-membered cyclic amide) rings is 1. The van der Waals surface area contributed by atoms with Crippen molar-refractivity contribution in [1.82, 2.24) is 0 Å². The Bertz CT molecular complexity index is 594. The third kappa shape index (κ3) is 1.91. The average molecular weight is 255 g/mol. The largest absolute Gasteiger partial charge is 0.304 e. The molecule has 2 nitrogen and oxygen atoms in total. The Morgan fingerprint density at radius 1 is 1.00 bits per heavy atom. The van der Waals surface area contributed by atoms with E-state index in [-0.39, 0.29) is 23.7 Å². The van der Waals surface area contributed by atoms with Gasteiger partial charge in [0.25, 0.3) is 0 Å². The lowest BCUT2D eigenvalue weighted by atomic mass is 9.83. The number of anilines is 1. The van der Waals surface area contributed by atoms with E-state index in [9.17, 15) is 9.18 Å². The van der Waals surface area contributed by atoms with Crippen molar-refractivity contribution in [2.75, 3.05) is 4.90 Å². The Morgan fingerprint density at radius 3 is 2.26 bits per heavy atom. The van der Waals surface area contributed by atoms with Gasteiger partial charge >= 0.3 is 0 Å². The van der Waals surface area contributed by atoms with Crippen LogP contribution >= 0.6 is 0 Å². The monoisotopic (exact) mass is 255 g/mol. The zero-order valence-corrected chi connectivity index (χ0v) is 10.6. The van der Waals surface area contributed by atoms with E-state index in [0.717, 1.165) is 11.3 Å². The number of rotatable bonds is 2. The van der Waals surface area contributed by atoms with E-state index in [4.69, 9.17) is 0 Å². The number of hydrogen-bond acceptors (Lipinski definition) is 1. The second-order valence-electron chi connectivity index (χ2n) is 4.83. The molecule has 96 valence electrons. The summed E-state index contributed by atoms with van der Waals surface area (Å²) in [5.41, 5.74) is 1.86. The van der Waals surface area contributed by atoms with E-state index >= 15 is 0 Å². The molecule has 19 heavy (non-hydrogen) atoms. The molecule has 0 spiro atoms. The van der Waals surface area contributed by atoms with Crippen LogP contribution in [0.25, 0.3) is 0 Å². The second kappa shape index (κ2) is 4.50. The normalized spacial score (nSPS) is 22.2. The smallest absolute Gasteiger partial charge is 0.232 e. The van der Waals surface area contributed by atoms with Gasteiger partial charge in [-0.05, 0) is 29.8 Å². The molecule has 0 aliphatic carbocycles. The van der Waals surface area contributed by atoms with Crippen molar-refractivity contribution in [3.05, 3.63) is 66.0 Å². The maximum absolute atomic E-state index is 13.0. The van der Waals surface area contributed by atoms with Crippen molar-refractivity contribution < 1.29 is 9.18 Å². The van der Waals surface area contributed by atoms with Gasteiger partial charge in [-0.3, -0.25) is 4.79 Å². The van der Waals surface area contributed by atoms with Crippen molar-refractivity contribution in [3.63, 3.8) is 0 Å². The molecule has 1 aliphatic heterocycles. The summed E-state index contributed by atoms with van der Waals surface area (Å²) in [5, 5.41) is 0. The molecule has 0 unspecified atom stereocenters. The summed E-state index contributed by atoms with van der Waals surface area (Å²) in [5.74, 6) is -0.242. The molecular weight excluding hydrogens is 241 g/mol. The van der Waals surface area contributed by atoms with Gasteiger partial charge in [0.1, 0.15) is 5.82 Å². The molecule has 0 aromatic heterocycles. The van der Waals surface area contributed by atoms with E-state index in [1.165, 1.54) is 12.1 Å². The molecule has 3 heteroatoms. The first kappa shape index (κ1) is 11.9. The molecule has 3 rings (SSSR count). The topological polar surface area (TPSA) is 20.3 Å². The van der Waals surface area contributed by atoms with E-state index in [1.807, 2.05) is 37.3 Å². The first-order valence-corrected chi connectivity index (χ1v) is 6.32. The standard InChI is InChI=1S/C16H14FNO/c1-11-15(12-5-3-2-4-6-12)18(16(11)19)14-9-7-13(17)8-10-14/h2-11,15H,1H3/t11-,15+/m0/s1. The lowest BCUT2D eigenvalue weighted by Gasteiger charge is -2.46. The minimum atomic E-state index is -0.291. The van der Waals surface area contributed by atoms with Crippen molar-refractivity contribution in [2.45, 2.75) is 13.0 Å². The van der Waals surface area contributed by atoms with E-state index in [0.29, 0.717) is 0 Å². The van der Waals surface area contributed by atoms with E-state index in [1.54, 1.807) is 17.0 Å². The van der Waals surface area contributed by atoms with Crippen LogP contribution in [-0.4, -0.2) is 5.91 Å². The van der Waals surface area contributed by atoms with Crippen molar-refractivity contribution in [3.8, 4) is 0 Å². The van der Waals surface area contributed by atoms with Gasteiger partial charge in [-0.2, -0.15) is 0 Å². The molecule has 2 aromatic carbocycles. The van der Waals surface area contributed by atoms with Gasteiger partial charge < -0.3 is 4.90 Å². The van der Waals surface area contributed by atoms with Gasteiger partial charge in [0.2, 0.25) is 5.91 Å². The lowest BCUT2D eigenvalue weighted by Crippen LogP contribution is -2.54.